The third kappa shape index (κ3) is 5.85. The zero-order valence-electron chi connectivity index (χ0n) is 11.9. The van der Waals surface area contributed by atoms with Crippen molar-refractivity contribution in [2.45, 2.75) is 38.7 Å². The fourth-order valence-corrected chi connectivity index (χ4v) is 1.63. The molecule has 4 N–H and O–H groups in total. The molecule has 0 saturated heterocycles. The van der Waals surface area contributed by atoms with Crippen LogP contribution in [-0.4, -0.2) is 40.9 Å². The van der Waals surface area contributed by atoms with Crippen molar-refractivity contribution in [1.29, 1.82) is 0 Å². The lowest BCUT2D eigenvalue weighted by Crippen LogP contribution is -2.35. The molecule has 0 amide bonds. The first-order valence-corrected chi connectivity index (χ1v) is 6.55. The Morgan fingerprint density at radius 1 is 1.47 bits per heavy atom. The van der Waals surface area contributed by atoms with Crippen LogP contribution in [0.25, 0.3) is 0 Å². The van der Waals surface area contributed by atoms with Crippen LogP contribution in [0.2, 0.25) is 0 Å². The van der Waals surface area contributed by atoms with Crippen molar-refractivity contribution in [1.82, 2.24) is 9.97 Å². The van der Waals surface area contributed by atoms with Gasteiger partial charge in [-0.3, -0.25) is 0 Å². The van der Waals surface area contributed by atoms with Crippen LogP contribution in [0, 0.1) is 0 Å². The largest absolute Gasteiger partial charge is 0.388 e. The Labute approximate surface area is 114 Å². The van der Waals surface area contributed by atoms with Crippen molar-refractivity contribution in [3.63, 3.8) is 0 Å². The highest BCUT2D eigenvalue weighted by atomic mass is 16.5. The molecule has 0 aliphatic carbocycles. The van der Waals surface area contributed by atoms with Gasteiger partial charge in [-0.05, 0) is 13.3 Å². The smallest absolute Gasteiger partial charge is 0.133 e. The van der Waals surface area contributed by atoms with E-state index in [4.69, 9.17) is 10.5 Å². The number of rotatable bonds is 8. The average Bonchev–Trinajstić information content (AvgIpc) is 2.34. The standard InChI is InChI=1S/C13H24N4O2/c1-4-5-11-16-10(14)8-12(17-11)15-9-13(2,18)6-7-19-3/h8,18H,4-7,9H2,1-3H3,(H3,14,15,16,17). The summed E-state index contributed by atoms with van der Waals surface area (Å²) < 4.78 is 4.97. The molecule has 1 atom stereocenters. The molecule has 6 heteroatoms. The number of methoxy groups -OCH3 is 1. The molecule has 108 valence electrons. The molecule has 19 heavy (non-hydrogen) atoms. The molecule has 0 spiro atoms. The minimum atomic E-state index is -0.847. The predicted molar refractivity (Wildman–Crippen MR) is 76.0 cm³/mol. The molecule has 1 aromatic heterocycles. The van der Waals surface area contributed by atoms with E-state index < -0.39 is 5.60 Å². The highest BCUT2D eigenvalue weighted by molar-refractivity contribution is 5.44. The van der Waals surface area contributed by atoms with Crippen LogP contribution in [-0.2, 0) is 11.2 Å². The number of aromatic nitrogens is 2. The molecule has 1 rings (SSSR count). The molecule has 0 saturated carbocycles. The van der Waals surface area contributed by atoms with Gasteiger partial charge in [0.1, 0.15) is 17.5 Å². The number of hydrogen-bond donors (Lipinski definition) is 3. The van der Waals surface area contributed by atoms with Gasteiger partial charge in [-0.2, -0.15) is 0 Å². The predicted octanol–water partition coefficient (Wildman–Crippen LogP) is 1.21. The van der Waals surface area contributed by atoms with Crippen molar-refractivity contribution >= 4 is 11.6 Å². The van der Waals surface area contributed by atoms with E-state index in [9.17, 15) is 5.11 Å². The van der Waals surface area contributed by atoms with Gasteiger partial charge >= 0.3 is 0 Å². The van der Waals surface area contributed by atoms with E-state index >= 15 is 0 Å². The van der Waals surface area contributed by atoms with Gasteiger partial charge in [0.15, 0.2) is 0 Å². The number of nitrogen functional groups attached to an aromatic ring is 1. The molecule has 0 aliphatic rings. The lowest BCUT2D eigenvalue weighted by atomic mass is 10.0. The number of nitrogens with two attached hydrogens (primary N) is 1. The lowest BCUT2D eigenvalue weighted by molar-refractivity contribution is 0.0357. The number of aliphatic hydroxyl groups is 1. The normalized spacial score (nSPS) is 14.1. The minimum absolute atomic E-state index is 0.387. The first-order chi connectivity index (χ1) is 8.96. The van der Waals surface area contributed by atoms with Crippen molar-refractivity contribution in [2.24, 2.45) is 0 Å². The van der Waals surface area contributed by atoms with Crippen LogP contribution in [0.5, 0.6) is 0 Å². The summed E-state index contributed by atoms with van der Waals surface area (Å²) in [5.41, 5.74) is 4.89. The average molecular weight is 268 g/mol. The van der Waals surface area contributed by atoms with E-state index in [0.717, 1.165) is 18.7 Å². The SMILES string of the molecule is CCCc1nc(N)cc(NCC(C)(O)CCOC)n1. The Morgan fingerprint density at radius 3 is 2.84 bits per heavy atom. The number of anilines is 2. The van der Waals surface area contributed by atoms with Crippen LogP contribution >= 0.6 is 0 Å². The first-order valence-electron chi connectivity index (χ1n) is 6.55. The summed E-state index contributed by atoms with van der Waals surface area (Å²) in [6.07, 6.45) is 2.31. The van der Waals surface area contributed by atoms with Gasteiger partial charge in [-0.25, -0.2) is 9.97 Å². The molecular formula is C13H24N4O2. The summed E-state index contributed by atoms with van der Waals surface area (Å²) in [6, 6.07) is 1.67. The van der Waals surface area contributed by atoms with Gasteiger partial charge < -0.3 is 20.9 Å². The molecule has 0 fully saturated rings. The number of ether oxygens (including phenoxy) is 1. The summed E-state index contributed by atoms with van der Waals surface area (Å²) in [4.78, 5) is 8.52. The quantitative estimate of drug-likeness (QED) is 0.656. The Hall–Kier alpha value is -1.40. The first kappa shape index (κ1) is 15.7. The number of nitrogens with one attached hydrogen (secondary N) is 1. The molecular weight excluding hydrogens is 244 g/mol. The van der Waals surface area contributed by atoms with E-state index in [1.165, 1.54) is 0 Å². The van der Waals surface area contributed by atoms with Crippen LogP contribution in [0.4, 0.5) is 11.6 Å². The molecule has 1 aromatic rings. The highest BCUT2D eigenvalue weighted by Gasteiger charge is 2.20. The van der Waals surface area contributed by atoms with Gasteiger partial charge in [0, 0.05) is 39.2 Å². The van der Waals surface area contributed by atoms with Crippen molar-refractivity contribution in [3.8, 4) is 0 Å². The summed E-state index contributed by atoms with van der Waals surface area (Å²) in [6.45, 7) is 4.73. The van der Waals surface area contributed by atoms with E-state index in [1.807, 2.05) is 0 Å². The summed E-state index contributed by atoms with van der Waals surface area (Å²) in [5.74, 6) is 1.81. The Balaban J connectivity index is 2.61. The van der Waals surface area contributed by atoms with E-state index in [1.54, 1.807) is 20.1 Å². The minimum Gasteiger partial charge on any atom is -0.388 e. The maximum absolute atomic E-state index is 10.1. The number of hydrogen-bond acceptors (Lipinski definition) is 6. The number of aryl methyl sites for hydroxylation is 1. The van der Waals surface area contributed by atoms with E-state index in [-0.39, 0.29) is 0 Å². The van der Waals surface area contributed by atoms with Crippen molar-refractivity contribution < 1.29 is 9.84 Å². The van der Waals surface area contributed by atoms with Crippen molar-refractivity contribution in [2.75, 3.05) is 31.3 Å². The van der Waals surface area contributed by atoms with Gasteiger partial charge in [0.05, 0.1) is 5.60 Å². The second-order valence-electron chi connectivity index (χ2n) is 4.94. The van der Waals surface area contributed by atoms with Crippen LogP contribution < -0.4 is 11.1 Å². The summed E-state index contributed by atoms with van der Waals surface area (Å²) in [5, 5.41) is 13.2. The molecule has 0 aromatic carbocycles. The van der Waals surface area contributed by atoms with Crippen molar-refractivity contribution in [3.05, 3.63) is 11.9 Å². The summed E-state index contributed by atoms with van der Waals surface area (Å²) >= 11 is 0. The zero-order chi connectivity index (χ0) is 14.3. The second-order valence-corrected chi connectivity index (χ2v) is 4.94. The topological polar surface area (TPSA) is 93.3 Å². The molecule has 6 nitrogen and oxygen atoms in total. The Bertz CT molecular complexity index is 396. The van der Waals surface area contributed by atoms with Gasteiger partial charge in [0.25, 0.3) is 0 Å². The summed E-state index contributed by atoms with van der Waals surface area (Å²) in [7, 11) is 1.62. The second kappa shape index (κ2) is 7.25. The van der Waals surface area contributed by atoms with Gasteiger partial charge in [-0.1, -0.05) is 6.92 Å². The number of nitrogens with zero attached hydrogens (tertiary/aromatic N) is 2. The Morgan fingerprint density at radius 2 is 2.21 bits per heavy atom. The molecule has 0 radical (unpaired) electrons. The fraction of sp³-hybridized carbons (Fsp3) is 0.692. The third-order valence-electron chi connectivity index (χ3n) is 2.76. The van der Waals surface area contributed by atoms with Gasteiger partial charge in [0.2, 0.25) is 0 Å². The maximum Gasteiger partial charge on any atom is 0.133 e. The molecule has 0 bridgehead atoms. The third-order valence-corrected chi connectivity index (χ3v) is 2.76. The van der Waals surface area contributed by atoms with Crippen LogP contribution in [0.15, 0.2) is 6.07 Å². The fourth-order valence-electron chi connectivity index (χ4n) is 1.63. The molecule has 1 unspecified atom stereocenters. The molecule has 0 aliphatic heterocycles. The Kier molecular flexibility index (Phi) is 5.98. The maximum atomic E-state index is 10.1. The zero-order valence-corrected chi connectivity index (χ0v) is 11.9. The molecule has 1 heterocycles. The lowest BCUT2D eigenvalue weighted by Gasteiger charge is -2.23. The van der Waals surface area contributed by atoms with E-state index in [0.29, 0.717) is 31.2 Å². The van der Waals surface area contributed by atoms with Gasteiger partial charge in [-0.15, -0.1) is 0 Å². The van der Waals surface area contributed by atoms with Crippen LogP contribution in [0.3, 0.4) is 0 Å². The van der Waals surface area contributed by atoms with Crippen LogP contribution in [0.1, 0.15) is 32.5 Å². The van der Waals surface area contributed by atoms with E-state index in [2.05, 4.69) is 22.2 Å². The highest BCUT2D eigenvalue weighted by Crippen LogP contribution is 2.13. The monoisotopic (exact) mass is 268 g/mol.